The molecule has 0 heterocycles. The van der Waals surface area contributed by atoms with Crippen molar-refractivity contribution < 1.29 is 4.79 Å². The first-order valence-corrected chi connectivity index (χ1v) is 7.02. The smallest absolute Gasteiger partial charge is 0.158 e. The average Bonchev–Trinajstić information content (AvgIpc) is 2.39. The van der Waals surface area contributed by atoms with E-state index in [4.69, 9.17) is 0 Å². The van der Waals surface area contributed by atoms with Crippen LogP contribution in [0.25, 0.3) is 6.08 Å². The molecule has 1 saturated carbocycles. The molecule has 0 amide bonds. The number of carbonyl (C=O) groups excluding carboxylic acids is 1. The predicted octanol–water partition coefficient (Wildman–Crippen LogP) is 4.61. The SMILES string of the molecule is O=C(C=Cc1ccc(Br)cc1)C1CCCCC1. The van der Waals surface area contributed by atoms with Gasteiger partial charge in [-0.3, -0.25) is 4.79 Å². The molecular weight excluding hydrogens is 276 g/mol. The van der Waals surface area contributed by atoms with Gasteiger partial charge in [-0.15, -0.1) is 0 Å². The molecule has 0 aliphatic heterocycles. The summed E-state index contributed by atoms with van der Waals surface area (Å²) in [5.41, 5.74) is 1.08. The number of hydrogen-bond acceptors (Lipinski definition) is 1. The number of hydrogen-bond donors (Lipinski definition) is 0. The normalized spacial score (nSPS) is 17.5. The Morgan fingerprint density at radius 3 is 2.41 bits per heavy atom. The molecule has 90 valence electrons. The quantitative estimate of drug-likeness (QED) is 0.744. The second kappa shape index (κ2) is 6.15. The second-order valence-electron chi connectivity index (χ2n) is 4.62. The van der Waals surface area contributed by atoms with Crippen LogP contribution in [0.1, 0.15) is 37.7 Å². The van der Waals surface area contributed by atoms with Crippen molar-refractivity contribution in [1.82, 2.24) is 0 Å². The monoisotopic (exact) mass is 292 g/mol. The van der Waals surface area contributed by atoms with E-state index >= 15 is 0 Å². The fraction of sp³-hybridized carbons (Fsp3) is 0.400. The van der Waals surface area contributed by atoms with E-state index in [1.54, 1.807) is 6.08 Å². The summed E-state index contributed by atoms with van der Waals surface area (Å²) in [7, 11) is 0. The number of allylic oxidation sites excluding steroid dienone is 1. The molecule has 0 spiro atoms. The lowest BCUT2D eigenvalue weighted by molar-refractivity contribution is -0.119. The third kappa shape index (κ3) is 3.81. The summed E-state index contributed by atoms with van der Waals surface area (Å²) in [6.45, 7) is 0. The molecule has 1 aromatic rings. The van der Waals surface area contributed by atoms with Gasteiger partial charge >= 0.3 is 0 Å². The first-order chi connectivity index (χ1) is 8.25. The second-order valence-corrected chi connectivity index (χ2v) is 5.54. The minimum absolute atomic E-state index is 0.274. The van der Waals surface area contributed by atoms with Gasteiger partial charge in [-0.05, 0) is 36.6 Å². The summed E-state index contributed by atoms with van der Waals surface area (Å²) < 4.78 is 1.06. The predicted molar refractivity (Wildman–Crippen MR) is 74.8 cm³/mol. The molecule has 2 rings (SSSR count). The Balaban J connectivity index is 1.95. The van der Waals surface area contributed by atoms with Gasteiger partial charge in [-0.2, -0.15) is 0 Å². The van der Waals surface area contributed by atoms with Crippen LogP contribution < -0.4 is 0 Å². The summed E-state index contributed by atoms with van der Waals surface area (Å²) in [6.07, 6.45) is 9.53. The van der Waals surface area contributed by atoms with E-state index in [9.17, 15) is 4.79 Å². The lowest BCUT2D eigenvalue weighted by Gasteiger charge is -2.18. The molecule has 0 unspecified atom stereocenters. The first kappa shape index (κ1) is 12.6. The number of ketones is 1. The Morgan fingerprint density at radius 2 is 1.76 bits per heavy atom. The van der Waals surface area contributed by atoms with Gasteiger partial charge < -0.3 is 0 Å². The molecule has 17 heavy (non-hydrogen) atoms. The number of halogens is 1. The van der Waals surface area contributed by atoms with E-state index in [0.29, 0.717) is 5.78 Å². The Bertz CT molecular complexity index is 399. The first-order valence-electron chi connectivity index (χ1n) is 6.23. The molecule has 0 N–H and O–H groups in total. The molecule has 0 aromatic heterocycles. The van der Waals surface area contributed by atoms with E-state index < -0.39 is 0 Å². The lowest BCUT2D eigenvalue weighted by atomic mass is 9.86. The number of carbonyl (C=O) groups is 1. The fourth-order valence-corrected chi connectivity index (χ4v) is 2.54. The van der Waals surface area contributed by atoms with Crippen molar-refractivity contribution in [1.29, 1.82) is 0 Å². The van der Waals surface area contributed by atoms with Crippen LogP contribution in [-0.4, -0.2) is 5.78 Å². The van der Waals surface area contributed by atoms with Gasteiger partial charge in [0.15, 0.2) is 5.78 Å². The molecule has 1 aliphatic carbocycles. The van der Waals surface area contributed by atoms with Crippen LogP contribution in [0.4, 0.5) is 0 Å². The van der Waals surface area contributed by atoms with E-state index in [2.05, 4.69) is 15.9 Å². The highest BCUT2D eigenvalue weighted by atomic mass is 79.9. The zero-order valence-corrected chi connectivity index (χ0v) is 11.4. The van der Waals surface area contributed by atoms with Gasteiger partial charge in [-0.1, -0.05) is 53.4 Å². The molecule has 1 nitrogen and oxygen atoms in total. The minimum atomic E-state index is 0.274. The molecule has 0 atom stereocenters. The number of rotatable bonds is 3. The zero-order valence-electron chi connectivity index (χ0n) is 9.86. The third-order valence-electron chi connectivity index (χ3n) is 3.32. The molecule has 0 bridgehead atoms. The van der Waals surface area contributed by atoms with Crippen molar-refractivity contribution in [3.63, 3.8) is 0 Å². The van der Waals surface area contributed by atoms with Gasteiger partial charge in [0.2, 0.25) is 0 Å². The zero-order chi connectivity index (χ0) is 12.1. The van der Waals surface area contributed by atoms with Crippen molar-refractivity contribution in [3.8, 4) is 0 Å². The maximum absolute atomic E-state index is 11.9. The topological polar surface area (TPSA) is 17.1 Å². The van der Waals surface area contributed by atoms with E-state index in [1.807, 2.05) is 30.3 Å². The van der Waals surface area contributed by atoms with Gasteiger partial charge in [0.1, 0.15) is 0 Å². The Labute approximate surface area is 111 Å². The Hall–Kier alpha value is -0.890. The summed E-state index contributed by atoms with van der Waals surface area (Å²) in [5.74, 6) is 0.572. The molecule has 1 aliphatic rings. The summed E-state index contributed by atoms with van der Waals surface area (Å²) >= 11 is 3.40. The molecular formula is C15H17BrO. The molecule has 1 aromatic carbocycles. The van der Waals surface area contributed by atoms with Crippen LogP contribution in [0.15, 0.2) is 34.8 Å². The fourth-order valence-electron chi connectivity index (χ4n) is 2.28. The van der Waals surface area contributed by atoms with Crippen LogP contribution >= 0.6 is 15.9 Å². The maximum Gasteiger partial charge on any atom is 0.158 e. The molecule has 2 heteroatoms. The Kier molecular flexibility index (Phi) is 4.55. The van der Waals surface area contributed by atoms with E-state index in [0.717, 1.165) is 22.9 Å². The van der Waals surface area contributed by atoms with Crippen molar-refractivity contribution in [3.05, 3.63) is 40.4 Å². The van der Waals surface area contributed by atoms with Crippen LogP contribution in [0.2, 0.25) is 0 Å². The minimum Gasteiger partial charge on any atom is -0.295 e. The van der Waals surface area contributed by atoms with Crippen LogP contribution in [0.3, 0.4) is 0 Å². The van der Waals surface area contributed by atoms with Gasteiger partial charge in [0.05, 0.1) is 0 Å². The van der Waals surface area contributed by atoms with E-state index in [1.165, 1.54) is 19.3 Å². The van der Waals surface area contributed by atoms with Crippen LogP contribution in [0.5, 0.6) is 0 Å². The molecule has 1 fully saturated rings. The average molecular weight is 293 g/mol. The van der Waals surface area contributed by atoms with E-state index in [-0.39, 0.29) is 5.92 Å². The highest BCUT2D eigenvalue weighted by molar-refractivity contribution is 9.10. The van der Waals surface area contributed by atoms with Gasteiger partial charge in [0, 0.05) is 10.4 Å². The maximum atomic E-state index is 11.9. The highest BCUT2D eigenvalue weighted by Gasteiger charge is 2.18. The van der Waals surface area contributed by atoms with Crippen molar-refractivity contribution in [2.75, 3.05) is 0 Å². The summed E-state index contributed by atoms with van der Waals surface area (Å²) in [5, 5.41) is 0. The molecule has 0 radical (unpaired) electrons. The summed E-state index contributed by atoms with van der Waals surface area (Å²) in [6, 6.07) is 8.00. The Morgan fingerprint density at radius 1 is 1.12 bits per heavy atom. The van der Waals surface area contributed by atoms with Crippen molar-refractivity contribution in [2.45, 2.75) is 32.1 Å². The van der Waals surface area contributed by atoms with Crippen LogP contribution in [-0.2, 0) is 4.79 Å². The third-order valence-corrected chi connectivity index (χ3v) is 3.85. The standard InChI is InChI=1S/C15H17BrO/c16-14-9-6-12(7-10-14)8-11-15(17)13-4-2-1-3-5-13/h6-11,13H,1-5H2. The van der Waals surface area contributed by atoms with Gasteiger partial charge in [-0.25, -0.2) is 0 Å². The molecule has 0 saturated heterocycles. The highest BCUT2D eigenvalue weighted by Crippen LogP contribution is 2.24. The van der Waals surface area contributed by atoms with Crippen LogP contribution in [0, 0.1) is 5.92 Å². The van der Waals surface area contributed by atoms with Crippen molar-refractivity contribution in [2.24, 2.45) is 5.92 Å². The van der Waals surface area contributed by atoms with Gasteiger partial charge in [0.25, 0.3) is 0 Å². The van der Waals surface area contributed by atoms with Crippen molar-refractivity contribution >= 4 is 27.8 Å². The number of benzene rings is 1. The largest absolute Gasteiger partial charge is 0.295 e. The summed E-state index contributed by atoms with van der Waals surface area (Å²) in [4.78, 5) is 11.9. The lowest BCUT2D eigenvalue weighted by Crippen LogP contribution is -2.15.